The summed E-state index contributed by atoms with van der Waals surface area (Å²) in [7, 11) is 0. The molecule has 120 valence electrons. The molecule has 0 heterocycles. The van der Waals surface area contributed by atoms with Gasteiger partial charge in [0.25, 0.3) is 0 Å². The molecule has 0 aliphatic carbocycles. The van der Waals surface area contributed by atoms with E-state index in [1.807, 2.05) is 0 Å². The predicted molar refractivity (Wildman–Crippen MR) is 94.0 cm³/mol. The quantitative estimate of drug-likeness (QED) is 0.714. The first-order valence-corrected chi connectivity index (χ1v) is 8.49. The minimum Gasteiger partial charge on any atom is -0.371 e. The van der Waals surface area contributed by atoms with Crippen LogP contribution in [0.15, 0.2) is 24.3 Å². The van der Waals surface area contributed by atoms with Crippen molar-refractivity contribution in [1.82, 2.24) is 4.90 Å². The van der Waals surface area contributed by atoms with Crippen molar-refractivity contribution in [2.24, 2.45) is 5.73 Å². The minimum atomic E-state index is 0.137. The van der Waals surface area contributed by atoms with Crippen molar-refractivity contribution in [2.75, 3.05) is 37.6 Å². The second-order valence-electron chi connectivity index (χ2n) is 5.53. The van der Waals surface area contributed by atoms with Gasteiger partial charge in [-0.3, -0.25) is 0 Å². The van der Waals surface area contributed by atoms with E-state index < -0.39 is 0 Å². The monoisotopic (exact) mass is 291 g/mol. The molecule has 0 saturated heterocycles. The topological polar surface area (TPSA) is 32.5 Å². The van der Waals surface area contributed by atoms with Crippen molar-refractivity contribution in [2.45, 2.75) is 46.6 Å². The molecule has 0 aliphatic heterocycles. The van der Waals surface area contributed by atoms with Crippen LogP contribution < -0.4 is 10.6 Å². The fraction of sp³-hybridized carbons (Fsp3) is 0.667. The number of hydrogen-bond acceptors (Lipinski definition) is 3. The fourth-order valence-corrected chi connectivity index (χ4v) is 2.78. The molecule has 0 bridgehead atoms. The maximum absolute atomic E-state index is 6.27. The molecule has 21 heavy (non-hydrogen) atoms. The molecule has 0 fully saturated rings. The molecule has 1 aromatic carbocycles. The standard InChI is InChI=1S/C18H33N3/c1-5-17(19)16-12-9-10-13-18(16)21(8-4)15-11-14-20(6-2)7-3/h9-10,12-13,17H,5-8,11,14-15,19H2,1-4H3. The third-order valence-electron chi connectivity index (χ3n) is 4.30. The van der Waals surface area contributed by atoms with E-state index in [-0.39, 0.29) is 6.04 Å². The van der Waals surface area contributed by atoms with E-state index in [2.05, 4.69) is 61.8 Å². The zero-order valence-corrected chi connectivity index (χ0v) is 14.3. The lowest BCUT2D eigenvalue weighted by molar-refractivity contribution is 0.300. The molecule has 1 unspecified atom stereocenters. The van der Waals surface area contributed by atoms with Crippen LogP contribution in [0.1, 0.15) is 52.1 Å². The second-order valence-corrected chi connectivity index (χ2v) is 5.53. The number of nitrogens with zero attached hydrogens (tertiary/aromatic N) is 2. The van der Waals surface area contributed by atoms with Crippen LogP contribution in [0.5, 0.6) is 0 Å². The highest BCUT2D eigenvalue weighted by Gasteiger charge is 2.13. The van der Waals surface area contributed by atoms with Crippen molar-refractivity contribution in [3.8, 4) is 0 Å². The van der Waals surface area contributed by atoms with E-state index >= 15 is 0 Å². The molecule has 0 spiro atoms. The minimum absolute atomic E-state index is 0.137. The van der Waals surface area contributed by atoms with Gasteiger partial charge in [0.05, 0.1) is 0 Å². The van der Waals surface area contributed by atoms with Gasteiger partial charge in [-0.25, -0.2) is 0 Å². The summed E-state index contributed by atoms with van der Waals surface area (Å²) in [4.78, 5) is 4.95. The van der Waals surface area contributed by atoms with E-state index in [0.29, 0.717) is 0 Å². The molecule has 3 nitrogen and oxygen atoms in total. The third kappa shape index (κ3) is 5.33. The predicted octanol–water partition coefficient (Wildman–Crippen LogP) is 3.65. The van der Waals surface area contributed by atoms with E-state index in [1.165, 1.54) is 24.2 Å². The van der Waals surface area contributed by atoms with E-state index in [4.69, 9.17) is 5.73 Å². The first-order valence-electron chi connectivity index (χ1n) is 8.49. The molecule has 0 amide bonds. The molecule has 3 heteroatoms. The Balaban J connectivity index is 2.72. The molecule has 1 aromatic rings. The summed E-state index contributed by atoms with van der Waals surface area (Å²) in [6, 6.07) is 8.74. The highest BCUT2D eigenvalue weighted by molar-refractivity contribution is 5.54. The molecule has 1 rings (SSSR count). The van der Waals surface area contributed by atoms with Gasteiger partial charge in [0.15, 0.2) is 0 Å². The Morgan fingerprint density at radius 3 is 2.19 bits per heavy atom. The van der Waals surface area contributed by atoms with Gasteiger partial charge >= 0.3 is 0 Å². The highest BCUT2D eigenvalue weighted by atomic mass is 15.1. The van der Waals surface area contributed by atoms with Gasteiger partial charge in [0.2, 0.25) is 0 Å². The van der Waals surface area contributed by atoms with Crippen LogP contribution in [-0.4, -0.2) is 37.6 Å². The Morgan fingerprint density at radius 1 is 0.952 bits per heavy atom. The van der Waals surface area contributed by atoms with Crippen molar-refractivity contribution >= 4 is 5.69 Å². The summed E-state index contributed by atoms with van der Waals surface area (Å²) in [5.74, 6) is 0. The lowest BCUT2D eigenvalue weighted by atomic mass is 10.0. The summed E-state index contributed by atoms with van der Waals surface area (Å²) in [5.41, 5.74) is 8.87. The van der Waals surface area contributed by atoms with Crippen LogP contribution >= 0.6 is 0 Å². The lowest BCUT2D eigenvalue weighted by Gasteiger charge is -2.28. The van der Waals surface area contributed by atoms with Gasteiger partial charge in [0.1, 0.15) is 0 Å². The van der Waals surface area contributed by atoms with E-state index in [9.17, 15) is 0 Å². The molecular weight excluding hydrogens is 258 g/mol. The zero-order valence-electron chi connectivity index (χ0n) is 14.3. The summed E-state index contributed by atoms with van der Waals surface area (Å²) in [6.45, 7) is 14.4. The summed E-state index contributed by atoms with van der Waals surface area (Å²) >= 11 is 0. The Labute approximate surface area is 131 Å². The van der Waals surface area contributed by atoms with E-state index in [0.717, 1.165) is 32.6 Å². The van der Waals surface area contributed by atoms with Gasteiger partial charge in [-0.2, -0.15) is 0 Å². The largest absolute Gasteiger partial charge is 0.371 e. The molecular formula is C18H33N3. The maximum atomic E-state index is 6.27. The Morgan fingerprint density at radius 2 is 1.62 bits per heavy atom. The average Bonchev–Trinajstić information content (AvgIpc) is 2.54. The molecule has 0 aromatic heterocycles. The van der Waals surface area contributed by atoms with Crippen molar-refractivity contribution in [3.05, 3.63) is 29.8 Å². The van der Waals surface area contributed by atoms with Crippen LogP contribution in [0, 0.1) is 0 Å². The third-order valence-corrected chi connectivity index (χ3v) is 4.30. The molecule has 1 atom stereocenters. The van der Waals surface area contributed by atoms with Crippen LogP contribution in [0.2, 0.25) is 0 Å². The summed E-state index contributed by atoms with van der Waals surface area (Å²) < 4.78 is 0. The lowest BCUT2D eigenvalue weighted by Crippen LogP contribution is -2.31. The van der Waals surface area contributed by atoms with Gasteiger partial charge in [0, 0.05) is 24.8 Å². The first kappa shape index (κ1) is 18.0. The molecule has 0 saturated carbocycles. The van der Waals surface area contributed by atoms with Gasteiger partial charge in [-0.05, 0) is 51.0 Å². The fourth-order valence-electron chi connectivity index (χ4n) is 2.78. The van der Waals surface area contributed by atoms with Gasteiger partial charge < -0.3 is 15.5 Å². The second kappa shape index (κ2) is 9.80. The van der Waals surface area contributed by atoms with Crippen molar-refractivity contribution in [1.29, 1.82) is 0 Å². The Bertz CT molecular complexity index is 388. The number of nitrogens with two attached hydrogens (primary N) is 1. The highest BCUT2D eigenvalue weighted by Crippen LogP contribution is 2.26. The number of para-hydroxylation sites is 1. The van der Waals surface area contributed by atoms with Gasteiger partial charge in [-0.15, -0.1) is 0 Å². The SMILES string of the molecule is CCC(N)c1ccccc1N(CC)CCCN(CC)CC. The summed E-state index contributed by atoms with van der Waals surface area (Å²) in [6.07, 6.45) is 2.18. The number of anilines is 1. The summed E-state index contributed by atoms with van der Waals surface area (Å²) in [5, 5.41) is 0. The van der Waals surface area contributed by atoms with Crippen LogP contribution in [-0.2, 0) is 0 Å². The van der Waals surface area contributed by atoms with Crippen LogP contribution in [0.25, 0.3) is 0 Å². The van der Waals surface area contributed by atoms with Crippen molar-refractivity contribution in [3.63, 3.8) is 0 Å². The van der Waals surface area contributed by atoms with Crippen LogP contribution in [0.4, 0.5) is 5.69 Å². The van der Waals surface area contributed by atoms with E-state index in [1.54, 1.807) is 0 Å². The molecule has 0 aliphatic rings. The number of benzene rings is 1. The van der Waals surface area contributed by atoms with Gasteiger partial charge in [-0.1, -0.05) is 39.0 Å². The van der Waals surface area contributed by atoms with Crippen LogP contribution in [0.3, 0.4) is 0 Å². The number of rotatable bonds is 10. The normalized spacial score (nSPS) is 12.7. The zero-order chi connectivity index (χ0) is 15.7. The average molecular weight is 291 g/mol. The Hall–Kier alpha value is -1.06. The first-order chi connectivity index (χ1) is 10.2. The smallest absolute Gasteiger partial charge is 0.0414 e. The number of hydrogen-bond donors (Lipinski definition) is 1. The van der Waals surface area contributed by atoms with Crippen molar-refractivity contribution < 1.29 is 0 Å². The maximum Gasteiger partial charge on any atom is 0.0414 e. The Kier molecular flexibility index (Phi) is 8.40. The molecule has 2 N–H and O–H groups in total. The molecule has 0 radical (unpaired) electrons.